The summed E-state index contributed by atoms with van der Waals surface area (Å²) in [5.41, 5.74) is 2.00. The Hall–Kier alpha value is -4.37. The average Bonchev–Trinajstić information content (AvgIpc) is 2.88. The van der Waals surface area contributed by atoms with Crippen LogP contribution in [0.4, 0.5) is 17.6 Å². The maximum absolute atomic E-state index is 11.8. The molecule has 0 aliphatic heterocycles. The Bertz CT molecular complexity index is 1320. The van der Waals surface area contributed by atoms with E-state index in [-0.39, 0.29) is 11.2 Å². The van der Waals surface area contributed by atoms with Crippen molar-refractivity contribution in [3.8, 4) is 17.2 Å². The lowest BCUT2D eigenvalue weighted by Crippen LogP contribution is -2.07. The molecule has 3 aromatic carbocycles. The number of ether oxygens (including phenoxy) is 3. The predicted molar refractivity (Wildman–Crippen MR) is 133 cm³/mol. The Kier molecular flexibility index (Phi) is 7.59. The third-order valence-corrected chi connectivity index (χ3v) is 5.00. The van der Waals surface area contributed by atoms with Gasteiger partial charge in [-0.1, -0.05) is 30.3 Å². The summed E-state index contributed by atoms with van der Waals surface area (Å²) in [5, 5.41) is 6.29. The van der Waals surface area contributed by atoms with Crippen LogP contribution in [0.15, 0.2) is 72.8 Å². The van der Waals surface area contributed by atoms with Crippen molar-refractivity contribution in [2.24, 2.45) is 0 Å². The first-order chi connectivity index (χ1) is 17.0. The van der Waals surface area contributed by atoms with E-state index in [9.17, 15) is 4.79 Å². The highest BCUT2D eigenvalue weighted by Gasteiger charge is 2.11. The monoisotopic (exact) mass is 491 g/mol. The highest BCUT2D eigenvalue weighted by Crippen LogP contribution is 2.31. The number of carbonyl (C=O) groups is 1. The van der Waals surface area contributed by atoms with Crippen LogP contribution in [0.2, 0.25) is 5.28 Å². The third kappa shape index (κ3) is 6.36. The summed E-state index contributed by atoms with van der Waals surface area (Å²) in [7, 11) is 2.95. The number of hydrogen-bond donors (Lipinski definition) is 2. The number of carbonyl (C=O) groups excluding carboxylic acids is 1. The van der Waals surface area contributed by atoms with Crippen molar-refractivity contribution < 1.29 is 19.0 Å². The zero-order valence-corrected chi connectivity index (χ0v) is 19.7. The summed E-state index contributed by atoms with van der Waals surface area (Å²) in [6.45, 7) is 0.486. The minimum Gasteiger partial charge on any atom is -0.497 e. The van der Waals surface area contributed by atoms with Gasteiger partial charge in [0.1, 0.15) is 11.5 Å². The molecule has 0 unspecified atom stereocenters. The molecule has 2 N–H and O–H groups in total. The van der Waals surface area contributed by atoms with Gasteiger partial charge in [-0.2, -0.15) is 15.0 Å². The van der Waals surface area contributed by atoms with Crippen LogP contribution in [0.1, 0.15) is 15.9 Å². The number of hydrogen-bond acceptors (Lipinski definition) is 9. The highest BCUT2D eigenvalue weighted by atomic mass is 35.5. The first-order valence-electron chi connectivity index (χ1n) is 10.5. The van der Waals surface area contributed by atoms with Crippen LogP contribution in [0, 0.1) is 0 Å². The van der Waals surface area contributed by atoms with Crippen LogP contribution in [-0.2, 0) is 11.3 Å². The van der Waals surface area contributed by atoms with Crippen molar-refractivity contribution >= 4 is 35.2 Å². The molecule has 0 saturated carbocycles. The summed E-state index contributed by atoms with van der Waals surface area (Å²) in [6, 6.07) is 21.6. The lowest BCUT2D eigenvalue weighted by atomic mass is 10.2. The Morgan fingerprint density at radius 1 is 0.886 bits per heavy atom. The standard InChI is InChI=1S/C25H22ClN5O4/c1-33-18-12-10-16(11-13-18)15-27-24-29-23(26)30-25(31-24)28-20-8-3-4-9-21(20)35-19-7-5-6-17(14-19)22(32)34-2/h3-14H,15H2,1-2H3,(H2,27,28,29,30,31). The smallest absolute Gasteiger partial charge is 0.337 e. The summed E-state index contributed by atoms with van der Waals surface area (Å²) in [6.07, 6.45) is 0. The number of halogens is 1. The molecule has 4 aromatic rings. The van der Waals surface area contributed by atoms with Gasteiger partial charge in [-0.3, -0.25) is 0 Å². The van der Waals surface area contributed by atoms with Crippen LogP contribution >= 0.6 is 11.6 Å². The van der Waals surface area contributed by atoms with Crippen molar-refractivity contribution in [2.45, 2.75) is 6.54 Å². The number of esters is 1. The van der Waals surface area contributed by atoms with Gasteiger partial charge >= 0.3 is 5.97 Å². The second-order valence-electron chi connectivity index (χ2n) is 7.20. The van der Waals surface area contributed by atoms with Gasteiger partial charge in [0.05, 0.1) is 25.5 Å². The summed E-state index contributed by atoms with van der Waals surface area (Å²) < 4.78 is 16.0. The van der Waals surface area contributed by atoms with Crippen LogP contribution < -0.4 is 20.1 Å². The molecule has 1 aromatic heterocycles. The van der Waals surface area contributed by atoms with E-state index in [4.69, 9.17) is 25.8 Å². The molecule has 9 nitrogen and oxygen atoms in total. The fourth-order valence-electron chi connectivity index (χ4n) is 3.12. The highest BCUT2D eigenvalue weighted by molar-refractivity contribution is 6.28. The SMILES string of the molecule is COC(=O)c1cccc(Oc2ccccc2Nc2nc(Cl)nc(NCc3ccc(OC)cc3)n2)c1. The molecular weight excluding hydrogens is 470 g/mol. The maximum Gasteiger partial charge on any atom is 0.337 e. The minimum atomic E-state index is -0.448. The molecule has 0 saturated heterocycles. The normalized spacial score (nSPS) is 10.4. The van der Waals surface area contributed by atoms with Crippen LogP contribution in [0.5, 0.6) is 17.2 Å². The van der Waals surface area contributed by atoms with Gasteiger partial charge in [-0.05, 0) is 59.6 Å². The van der Waals surface area contributed by atoms with Crippen molar-refractivity contribution in [1.29, 1.82) is 0 Å². The molecule has 35 heavy (non-hydrogen) atoms. The van der Waals surface area contributed by atoms with Gasteiger partial charge in [0.2, 0.25) is 17.2 Å². The molecule has 178 valence electrons. The molecule has 0 fully saturated rings. The third-order valence-electron chi connectivity index (χ3n) is 4.83. The lowest BCUT2D eigenvalue weighted by Gasteiger charge is -2.13. The number of methoxy groups -OCH3 is 2. The minimum absolute atomic E-state index is 0.0314. The molecule has 4 rings (SSSR count). The van der Waals surface area contributed by atoms with Crippen molar-refractivity contribution in [3.05, 3.63) is 89.2 Å². The largest absolute Gasteiger partial charge is 0.497 e. The number of anilines is 3. The Morgan fingerprint density at radius 2 is 1.66 bits per heavy atom. The van der Waals surface area contributed by atoms with E-state index in [2.05, 4.69) is 25.6 Å². The van der Waals surface area contributed by atoms with Crippen LogP contribution in [0.25, 0.3) is 0 Å². The second kappa shape index (κ2) is 11.2. The fraction of sp³-hybridized carbons (Fsp3) is 0.120. The number of aromatic nitrogens is 3. The van der Waals surface area contributed by atoms with Crippen molar-refractivity contribution in [2.75, 3.05) is 24.9 Å². The molecule has 10 heteroatoms. The molecule has 0 radical (unpaired) electrons. The van der Waals surface area contributed by atoms with Gasteiger partial charge in [-0.25, -0.2) is 4.79 Å². The Morgan fingerprint density at radius 3 is 2.43 bits per heavy atom. The first-order valence-corrected chi connectivity index (χ1v) is 10.9. The van der Waals surface area contributed by atoms with Crippen molar-refractivity contribution in [3.63, 3.8) is 0 Å². The Balaban J connectivity index is 1.49. The van der Waals surface area contributed by atoms with E-state index >= 15 is 0 Å². The molecule has 0 atom stereocenters. The quantitative estimate of drug-likeness (QED) is 0.295. The molecule has 0 spiro atoms. The number of rotatable bonds is 9. The second-order valence-corrected chi connectivity index (χ2v) is 7.53. The van der Waals surface area contributed by atoms with Gasteiger partial charge in [0, 0.05) is 6.54 Å². The molecular formula is C25H22ClN5O4. The zero-order chi connectivity index (χ0) is 24.6. The van der Waals surface area contributed by atoms with Crippen LogP contribution in [-0.4, -0.2) is 35.1 Å². The van der Waals surface area contributed by atoms with E-state index in [1.54, 1.807) is 37.4 Å². The molecule has 1 heterocycles. The maximum atomic E-state index is 11.8. The topological polar surface area (TPSA) is 107 Å². The molecule has 0 amide bonds. The van der Waals surface area contributed by atoms with Gasteiger partial charge in [0.15, 0.2) is 5.75 Å². The van der Waals surface area contributed by atoms with E-state index in [0.29, 0.717) is 35.2 Å². The van der Waals surface area contributed by atoms with Gasteiger partial charge in [-0.15, -0.1) is 0 Å². The Labute approximate surface area is 207 Å². The molecule has 0 bridgehead atoms. The van der Waals surface area contributed by atoms with Crippen LogP contribution in [0.3, 0.4) is 0 Å². The van der Waals surface area contributed by atoms with Crippen molar-refractivity contribution in [1.82, 2.24) is 15.0 Å². The molecule has 0 aliphatic carbocycles. The first kappa shape index (κ1) is 23.8. The van der Waals surface area contributed by atoms with E-state index in [1.165, 1.54) is 7.11 Å². The summed E-state index contributed by atoms with van der Waals surface area (Å²) in [4.78, 5) is 24.5. The lowest BCUT2D eigenvalue weighted by molar-refractivity contribution is 0.0600. The van der Waals surface area contributed by atoms with E-state index in [0.717, 1.165) is 11.3 Å². The average molecular weight is 492 g/mol. The van der Waals surface area contributed by atoms with E-state index < -0.39 is 5.97 Å². The number of nitrogens with zero attached hydrogens (tertiary/aromatic N) is 3. The van der Waals surface area contributed by atoms with Gasteiger partial charge in [0.25, 0.3) is 0 Å². The summed E-state index contributed by atoms with van der Waals surface area (Å²) >= 11 is 6.13. The predicted octanol–water partition coefficient (Wildman–Crippen LogP) is 5.47. The zero-order valence-electron chi connectivity index (χ0n) is 19.0. The van der Waals surface area contributed by atoms with Gasteiger partial charge < -0.3 is 24.8 Å². The number of benzene rings is 3. The van der Waals surface area contributed by atoms with E-state index in [1.807, 2.05) is 42.5 Å². The number of nitrogens with one attached hydrogen (secondary N) is 2. The number of para-hydroxylation sites is 2. The summed E-state index contributed by atoms with van der Waals surface area (Å²) in [5.74, 6) is 1.85. The fourth-order valence-corrected chi connectivity index (χ4v) is 3.28. The molecule has 0 aliphatic rings.